The van der Waals surface area contributed by atoms with Crippen LogP contribution >= 0.6 is 0 Å². The molecule has 4 heteroatoms. The van der Waals surface area contributed by atoms with Crippen LogP contribution in [0, 0.1) is 0 Å². The van der Waals surface area contributed by atoms with Crippen LogP contribution in [-0.2, 0) is 5.54 Å². The van der Waals surface area contributed by atoms with Crippen molar-refractivity contribution in [2.45, 2.75) is 45.1 Å². The molecule has 0 bridgehead atoms. The lowest BCUT2D eigenvalue weighted by Gasteiger charge is -2.15. The minimum atomic E-state index is -0.0415. The fourth-order valence-electron chi connectivity index (χ4n) is 1.01. The second-order valence-corrected chi connectivity index (χ2v) is 4.38. The molecule has 0 atom stereocenters. The molecule has 12 heavy (non-hydrogen) atoms. The molecule has 1 saturated carbocycles. The fourth-order valence-corrected chi connectivity index (χ4v) is 1.01. The van der Waals surface area contributed by atoms with Crippen LogP contribution in [-0.4, -0.2) is 20.2 Å². The maximum atomic E-state index is 4.34. The lowest BCUT2D eigenvalue weighted by molar-refractivity contribution is 0.305. The van der Waals surface area contributed by atoms with E-state index < -0.39 is 0 Å². The summed E-state index contributed by atoms with van der Waals surface area (Å²) in [6, 6.07) is 0. The Labute approximate surface area is 72.0 Å². The van der Waals surface area contributed by atoms with Crippen molar-refractivity contribution in [3.8, 4) is 0 Å². The molecular formula is C8H14N4. The first-order valence-electron chi connectivity index (χ1n) is 4.38. The third kappa shape index (κ3) is 1.33. The number of aromatic nitrogens is 4. The summed E-state index contributed by atoms with van der Waals surface area (Å²) in [6.07, 6.45) is 2.46. The minimum absolute atomic E-state index is 0.0415. The van der Waals surface area contributed by atoms with Crippen LogP contribution in [0.1, 0.15) is 45.4 Å². The number of tetrazole rings is 1. The highest BCUT2D eigenvalue weighted by atomic mass is 15.6. The van der Waals surface area contributed by atoms with Gasteiger partial charge in [-0.1, -0.05) is 0 Å². The fraction of sp³-hybridized carbons (Fsp3) is 0.875. The Kier molecular flexibility index (Phi) is 1.46. The minimum Gasteiger partial charge on any atom is -0.159 e. The van der Waals surface area contributed by atoms with E-state index in [9.17, 15) is 0 Å². The first-order valence-corrected chi connectivity index (χ1v) is 4.38. The predicted octanol–water partition coefficient (Wildman–Crippen LogP) is 1.31. The van der Waals surface area contributed by atoms with E-state index in [1.165, 1.54) is 12.8 Å². The third-order valence-corrected chi connectivity index (χ3v) is 1.97. The summed E-state index contributed by atoms with van der Waals surface area (Å²) in [6.45, 7) is 6.22. The van der Waals surface area contributed by atoms with Gasteiger partial charge < -0.3 is 0 Å². The molecule has 0 spiro atoms. The van der Waals surface area contributed by atoms with Crippen molar-refractivity contribution < 1.29 is 0 Å². The SMILES string of the molecule is CC(C)(C)n1nnc(C2CC2)n1. The molecule has 0 unspecified atom stereocenters. The normalized spacial score (nSPS) is 18.2. The molecule has 1 fully saturated rings. The van der Waals surface area contributed by atoms with Gasteiger partial charge in [0.25, 0.3) is 0 Å². The molecule has 1 aromatic rings. The monoisotopic (exact) mass is 166 g/mol. The second-order valence-electron chi connectivity index (χ2n) is 4.38. The molecule has 66 valence electrons. The molecule has 0 amide bonds. The van der Waals surface area contributed by atoms with Crippen LogP contribution in [0.2, 0.25) is 0 Å². The topological polar surface area (TPSA) is 43.6 Å². The zero-order chi connectivity index (χ0) is 8.77. The quantitative estimate of drug-likeness (QED) is 0.631. The molecule has 0 aliphatic heterocycles. The molecular weight excluding hydrogens is 152 g/mol. The number of nitrogens with zero attached hydrogens (tertiary/aromatic N) is 4. The highest BCUT2D eigenvalue weighted by molar-refractivity contribution is 5.00. The van der Waals surface area contributed by atoms with Gasteiger partial charge in [-0.3, -0.25) is 0 Å². The van der Waals surface area contributed by atoms with Gasteiger partial charge in [0.1, 0.15) is 0 Å². The molecule has 4 nitrogen and oxygen atoms in total. The van der Waals surface area contributed by atoms with Crippen LogP contribution in [0.4, 0.5) is 0 Å². The molecule has 1 aliphatic rings. The predicted molar refractivity (Wildman–Crippen MR) is 44.8 cm³/mol. The van der Waals surface area contributed by atoms with Crippen molar-refractivity contribution in [3.63, 3.8) is 0 Å². The lowest BCUT2D eigenvalue weighted by atomic mass is 10.1. The molecule has 1 aliphatic carbocycles. The summed E-state index contributed by atoms with van der Waals surface area (Å²) in [4.78, 5) is 1.70. The number of rotatable bonds is 1. The smallest absolute Gasteiger partial charge is 0.159 e. The molecule has 1 aromatic heterocycles. The largest absolute Gasteiger partial charge is 0.177 e. The van der Waals surface area contributed by atoms with Gasteiger partial charge in [-0.25, -0.2) is 0 Å². The Morgan fingerprint density at radius 3 is 2.42 bits per heavy atom. The Morgan fingerprint density at radius 1 is 1.33 bits per heavy atom. The molecule has 0 N–H and O–H groups in total. The van der Waals surface area contributed by atoms with E-state index in [0.29, 0.717) is 5.92 Å². The van der Waals surface area contributed by atoms with E-state index in [1.54, 1.807) is 4.80 Å². The van der Waals surface area contributed by atoms with Crippen LogP contribution in [0.15, 0.2) is 0 Å². The van der Waals surface area contributed by atoms with E-state index in [-0.39, 0.29) is 5.54 Å². The highest BCUT2D eigenvalue weighted by Crippen LogP contribution is 2.37. The first kappa shape index (κ1) is 7.71. The van der Waals surface area contributed by atoms with Gasteiger partial charge in [0.2, 0.25) is 0 Å². The van der Waals surface area contributed by atoms with E-state index in [4.69, 9.17) is 0 Å². The van der Waals surface area contributed by atoms with Crippen molar-refractivity contribution in [3.05, 3.63) is 5.82 Å². The van der Waals surface area contributed by atoms with Crippen molar-refractivity contribution in [2.24, 2.45) is 0 Å². The van der Waals surface area contributed by atoms with Gasteiger partial charge >= 0.3 is 0 Å². The van der Waals surface area contributed by atoms with Gasteiger partial charge in [0.15, 0.2) is 5.82 Å². The van der Waals surface area contributed by atoms with Gasteiger partial charge in [0.05, 0.1) is 5.54 Å². The highest BCUT2D eigenvalue weighted by Gasteiger charge is 2.29. The Bertz CT molecular complexity index is 279. The molecule has 0 radical (unpaired) electrons. The maximum Gasteiger partial charge on any atom is 0.177 e. The van der Waals surface area contributed by atoms with Crippen LogP contribution in [0.5, 0.6) is 0 Å². The van der Waals surface area contributed by atoms with Crippen LogP contribution in [0.3, 0.4) is 0 Å². The third-order valence-electron chi connectivity index (χ3n) is 1.97. The zero-order valence-corrected chi connectivity index (χ0v) is 7.78. The van der Waals surface area contributed by atoms with Crippen molar-refractivity contribution in [1.29, 1.82) is 0 Å². The summed E-state index contributed by atoms with van der Waals surface area (Å²) < 4.78 is 0. The van der Waals surface area contributed by atoms with Crippen molar-refractivity contribution in [2.75, 3.05) is 0 Å². The van der Waals surface area contributed by atoms with Crippen molar-refractivity contribution in [1.82, 2.24) is 20.2 Å². The van der Waals surface area contributed by atoms with Gasteiger partial charge in [-0.2, -0.15) is 4.80 Å². The van der Waals surface area contributed by atoms with Gasteiger partial charge in [-0.05, 0) is 38.8 Å². The summed E-state index contributed by atoms with van der Waals surface area (Å²) >= 11 is 0. The average Bonchev–Trinajstić information content (AvgIpc) is 2.66. The Balaban J connectivity index is 2.23. The Morgan fingerprint density at radius 2 is 2.00 bits per heavy atom. The Hall–Kier alpha value is -0.930. The van der Waals surface area contributed by atoms with E-state index >= 15 is 0 Å². The summed E-state index contributed by atoms with van der Waals surface area (Å²) in [7, 11) is 0. The van der Waals surface area contributed by atoms with Gasteiger partial charge in [0, 0.05) is 5.92 Å². The standard InChI is InChI=1S/C8H14N4/c1-8(2,3)12-10-7(9-11-12)6-4-5-6/h6H,4-5H2,1-3H3. The van der Waals surface area contributed by atoms with Crippen molar-refractivity contribution >= 4 is 0 Å². The summed E-state index contributed by atoms with van der Waals surface area (Å²) in [5, 5.41) is 12.4. The van der Waals surface area contributed by atoms with Crippen LogP contribution in [0.25, 0.3) is 0 Å². The maximum absolute atomic E-state index is 4.34. The summed E-state index contributed by atoms with van der Waals surface area (Å²) in [5.74, 6) is 1.52. The molecule has 2 rings (SSSR count). The number of hydrogen-bond acceptors (Lipinski definition) is 3. The summed E-state index contributed by atoms with van der Waals surface area (Å²) in [5.41, 5.74) is -0.0415. The van der Waals surface area contributed by atoms with Gasteiger partial charge in [-0.15, -0.1) is 10.2 Å². The second kappa shape index (κ2) is 2.28. The van der Waals surface area contributed by atoms with E-state index in [1.807, 2.05) is 0 Å². The molecule has 0 aromatic carbocycles. The molecule has 1 heterocycles. The average molecular weight is 166 g/mol. The lowest BCUT2D eigenvalue weighted by Crippen LogP contribution is -2.24. The van der Waals surface area contributed by atoms with E-state index in [2.05, 4.69) is 36.2 Å². The van der Waals surface area contributed by atoms with Crippen LogP contribution < -0.4 is 0 Å². The first-order chi connectivity index (χ1) is 5.57. The number of hydrogen-bond donors (Lipinski definition) is 0. The zero-order valence-electron chi connectivity index (χ0n) is 7.78. The molecule has 0 saturated heterocycles. The van der Waals surface area contributed by atoms with E-state index in [0.717, 1.165) is 5.82 Å².